The number of amides is 2. The van der Waals surface area contributed by atoms with Gasteiger partial charge in [-0.25, -0.2) is 0 Å². The summed E-state index contributed by atoms with van der Waals surface area (Å²) in [5, 5.41) is 3.85. The van der Waals surface area contributed by atoms with Gasteiger partial charge in [0.15, 0.2) is 5.11 Å². The van der Waals surface area contributed by atoms with E-state index in [9.17, 15) is 9.59 Å². The lowest BCUT2D eigenvalue weighted by atomic mass is 9.99. The SMILES string of the molecule is CCCOc1ccc(NC(=O)C[C@@H]2C(=O)N(c3cccc(Cl)c3)C(=S)N2CCN2CCC(C)CC2)cc1. The summed E-state index contributed by atoms with van der Waals surface area (Å²) in [6.07, 6.45) is 3.27. The number of hydrogen-bond donors (Lipinski definition) is 1. The van der Waals surface area contributed by atoms with Crippen LogP contribution in [0.2, 0.25) is 5.02 Å². The second-order valence-corrected chi connectivity index (χ2v) is 10.6. The smallest absolute Gasteiger partial charge is 0.256 e. The van der Waals surface area contributed by atoms with Gasteiger partial charge < -0.3 is 19.9 Å². The van der Waals surface area contributed by atoms with Gasteiger partial charge in [-0.1, -0.05) is 31.5 Å². The number of rotatable bonds is 10. The number of likely N-dealkylation sites (tertiary alicyclic amines) is 1. The molecule has 2 fully saturated rings. The van der Waals surface area contributed by atoms with Gasteiger partial charge in [0.05, 0.1) is 18.7 Å². The maximum absolute atomic E-state index is 13.6. The lowest BCUT2D eigenvalue weighted by molar-refractivity contribution is -0.124. The van der Waals surface area contributed by atoms with Crippen LogP contribution in [0.1, 0.15) is 39.5 Å². The summed E-state index contributed by atoms with van der Waals surface area (Å²) >= 11 is 12.0. The molecule has 1 N–H and O–H groups in total. The van der Waals surface area contributed by atoms with Gasteiger partial charge in [0.2, 0.25) is 5.91 Å². The fourth-order valence-corrected chi connectivity index (χ4v) is 5.32. The molecule has 2 saturated heterocycles. The maximum Gasteiger partial charge on any atom is 0.256 e. The van der Waals surface area contributed by atoms with Crippen molar-refractivity contribution in [1.82, 2.24) is 9.80 Å². The quantitative estimate of drug-likeness (QED) is 0.417. The van der Waals surface area contributed by atoms with Gasteiger partial charge >= 0.3 is 0 Å². The number of benzene rings is 2. The second-order valence-electron chi connectivity index (χ2n) is 9.79. The maximum atomic E-state index is 13.6. The fourth-order valence-electron chi connectivity index (χ4n) is 4.72. The second kappa shape index (κ2) is 12.7. The van der Waals surface area contributed by atoms with Gasteiger partial charge in [-0.15, -0.1) is 0 Å². The van der Waals surface area contributed by atoms with Crippen LogP contribution in [0.4, 0.5) is 11.4 Å². The topological polar surface area (TPSA) is 65.1 Å². The van der Waals surface area contributed by atoms with Crippen molar-refractivity contribution >= 4 is 52.1 Å². The monoisotopic (exact) mass is 542 g/mol. The number of hydrogen-bond acceptors (Lipinski definition) is 5. The van der Waals surface area contributed by atoms with Crippen LogP contribution in [-0.2, 0) is 9.59 Å². The average Bonchev–Trinajstić information content (AvgIpc) is 3.11. The summed E-state index contributed by atoms with van der Waals surface area (Å²) in [5.74, 6) is 1.05. The number of carbonyl (C=O) groups is 2. The van der Waals surface area contributed by atoms with E-state index < -0.39 is 6.04 Å². The predicted molar refractivity (Wildman–Crippen MR) is 152 cm³/mol. The van der Waals surface area contributed by atoms with E-state index in [1.807, 2.05) is 30.0 Å². The minimum absolute atomic E-state index is 0.00115. The molecule has 7 nitrogen and oxygen atoms in total. The molecule has 37 heavy (non-hydrogen) atoms. The predicted octanol–water partition coefficient (Wildman–Crippen LogP) is 5.19. The van der Waals surface area contributed by atoms with E-state index in [1.54, 1.807) is 30.3 Å². The highest BCUT2D eigenvalue weighted by atomic mass is 35.5. The molecule has 2 heterocycles. The third-order valence-electron chi connectivity index (χ3n) is 6.91. The lowest BCUT2D eigenvalue weighted by Crippen LogP contribution is -2.44. The average molecular weight is 543 g/mol. The molecule has 9 heteroatoms. The van der Waals surface area contributed by atoms with E-state index in [2.05, 4.69) is 17.1 Å². The van der Waals surface area contributed by atoms with Gasteiger partial charge in [-0.2, -0.15) is 0 Å². The Hall–Kier alpha value is -2.68. The number of ether oxygens (including phenoxy) is 1. The van der Waals surface area contributed by atoms with E-state index in [4.69, 9.17) is 28.6 Å². The molecule has 0 unspecified atom stereocenters. The minimum atomic E-state index is -0.678. The van der Waals surface area contributed by atoms with Crippen LogP contribution in [0.15, 0.2) is 48.5 Å². The van der Waals surface area contributed by atoms with E-state index in [1.165, 1.54) is 17.7 Å². The minimum Gasteiger partial charge on any atom is -0.494 e. The highest BCUT2D eigenvalue weighted by Gasteiger charge is 2.44. The Bertz CT molecular complexity index is 1100. The Morgan fingerprint density at radius 3 is 2.54 bits per heavy atom. The summed E-state index contributed by atoms with van der Waals surface area (Å²) in [7, 11) is 0. The van der Waals surface area contributed by atoms with Crippen LogP contribution < -0.4 is 15.0 Å². The highest BCUT2D eigenvalue weighted by Crippen LogP contribution is 2.29. The summed E-state index contributed by atoms with van der Waals surface area (Å²) in [6, 6.07) is 13.7. The van der Waals surface area contributed by atoms with Crippen molar-refractivity contribution in [2.24, 2.45) is 5.92 Å². The largest absolute Gasteiger partial charge is 0.494 e. The van der Waals surface area contributed by atoms with Crippen molar-refractivity contribution in [1.29, 1.82) is 0 Å². The van der Waals surface area contributed by atoms with Crippen LogP contribution in [0.25, 0.3) is 0 Å². The molecule has 0 spiro atoms. The molecule has 4 rings (SSSR count). The molecular formula is C28H35ClN4O3S. The molecule has 198 valence electrons. The number of carbonyl (C=O) groups excluding carboxylic acids is 2. The Morgan fingerprint density at radius 2 is 1.86 bits per heavy atom. The summed E-state index contributed by atoms with van der Waals surface area (Å²) in [4.78, 5) is 32.5. The van der Waals surface area contributed by atoms with E-state index >= 15 is 0 Å². The molecule has 2 aromatic carbocycles. The van der Waals surface area contributed by atoms with Gasteiger partial charge in [0, 0.05) is 23.8 Å². The molecule has 0 aliphatic carbocycles. The first-order valence-corrected chi connectivity index (χ1v) is 13.8. The van der Waals surface area contributed by atoms with Crippen molar-refractivity contribution in [3.8, 4) is 5.75 Å². The standard InChI is InChI=1S/C28H35ClN4O3S/c1-3-17-36-24-9-7-22(8-10-24)30-26(34)19-25-27(35)33(23-6-4-5-21(29)18-23)28(37)32(25)16-15-31-13-11-20(2)12-14-31/h4-10,18,20,25H,3,11-17,19H2,1-2H3,(H,30,34)/t25-/m1/s1. The van der Waals surface area contributed by atoms with Crippen molar-refractivity contribution in [2.75, 3.05) is 43.0 Å². The molecule has 0 radical (unpaired) electrons. The van der Waals surface area contributed by atoms with E-state index in [0.29, 0.717) is 34.7 Å². The number of nitrogens with one attached hydrogen (secondary N) is 1. The van der Waals surface area contributed by atoms with Crippen molar-refractivity contribution in [3.05, 3.63) is 53.6 Å². The molecule has 0 aromatic heterocycles. The van der Waals surface area contributed by atoms with Gasteiger partial charge in [-0.3, -0.25) is 14.5 Å². The number of anilines is 2. The van der Waals surface area contributed by atoms with Crippen molar-refractivity contribution < 1.29 is 14.3 Å². The molecule has 0 bridgehead atoms. The lowest BCUT2D eigenvalue weighted by Gasteiger charge is -2.32. The normalized spacial score (nSPS) is 18.9. The molecule has 1 atom stereocenters. The number of halogens is 1. The zero-order valence-electron chi connectivity index (χ0n) is 21.5. The molecule has 2 aliphatic heterocycles. The molecule has 2 aromatic rings. The van der Waals surface area contributed by atoms with Crippen LogP contribution >= 0.6 is 23.8 Å². The van der Waals surface area contributed by atoms with Crippen LogP contribution in [0.5, 0.6) is 5.75 Å². The van der Waals surface area contributed by atoms with Crippen LogP contribution in [0.3, 0.4) is 0 Å². The summed E-state index contributed by atoms with van der Waals surface area (Å²) in [5.41, 5.74) is 1.27. The zero-order valence-corrected chi connectivity index (χ0v) is 23.1. The van der Waals surface area contributed by atoms with Gasteiger partial charge in [0.25, 0.3) is 5.91 Å². The highest BCUT2D eigenvalue weighted by molar-refractivity contribution is 7.80. The van der Waals surface area contributed by atoms with Gasteiger partial charge in [-0.05, 0) is 93.0 Å². The number of nitrogens with zero attached hydrogens (tertiary/aromatic N) is 3. The van der Waals surface area contributed by atoms with E-state index in [-0.39, 0.29) is 18.2 Å². The summed E-state index contributed by atoms with van der Waals surface area (Å²) in [6.45, 7) is 8.43. The Balaban J connectivity index is 1.46. The first-order chi connectivity index (χ1) is 17.9. The molecular weight excluding hydrogens is 508 g/mol. The Morgan fingerprint density at radius 1 is 1.14 bits per heavy atom. The third kappa shape index (κ3) is 7.00. The fraction of sp³-hybridized carbons (Fsp3) is 0.464. The van der Waals surface area contributed by atoms with Crippen LogP contribution in [-0.4, -0.2) is 65.6 Å². The number of piperidine rings is 1. The Labute approximate surface area is 229 Å². The van der Waals surface area contributed by atoms with E-state index in [0.717, 1.165) is 37.7 Å². The first kappa shape index (κ1) is 27.4. The molecule has 2 amide bonds. The van der Waals surface area contributed by atoms with Crippen LogP contribution in [0, 0.1) is 5.92 Å². The van der Waals surface area contributed by atoms with Crippen molar-refractivity contribution in [3.63, 3.8) is 0 Å². The number of thiocarbonyl (C=S) groups is 1. The molecule has 0 saturated carbocycles. The summed E-state index contributed by atoms with van der Waals surface area (Å²) < 4.78 is 5.61. The van der Waals surface area contributed by atoms with Gasteiger partial charge in [0.1, 0.15) is 11.8 Å². The third-order valence-corrected chi connectivity index (χ3v) is 7.56. The Kier molecular flexibility index (Phi) is 9.40. The van der Waals surface area contributed by atoms with Crippen molar-refractivity contribution in [2.45, 2.75) is 45.6 Å². The zero-order chi connectivity index (χ0) is 26.4. The first-order valence-electron chi connectivity index (χ1n) is 13.0. The molecule has 2 aliphatic rings.